The average Bonchev–Trinajstić information content (AvgIpc) is 2.65. The Labute approximate surface area is 171 Å². The van der Waals surface area contributed by atoms with Gasteiger partial charge in [-0.2, -0.15) is 0 Å². The Kier molecular flexibility index (Phi) is 7.32. The maximum absolute atomic E-state index is 13.2. The number of carbonyl (C=O) groups is 1. The highest BCUT2D eigenvalue weighted by atomic mass is 35.5. The predicted octanol–water partition coefficient (Wildman–Crippen LogP) is 3.55. The molecule has 0 aromatic heterocycles. The number of amides is 1. The lowest BCUT2D eigenvalue weighted by atomic mass is 10.1. The van der Waals surface area contributed by atoms with E-state index >= 15 is 0 Å². The van der Waals surface area contributed by atoms with Gasteiger partial charge in [0.25, 0.3) is 0 Å². The Morgan fingerprint density at radius 3 is 2.36 bits per heavy atom. The van der Waals surface area contributed by atoms with Gasteiger partial charge in [0.1, 0.15) is 11.8 Å². The first kappa shape index (κ1) is 22.0. The maximum atomic E-state index is 13.2. The van der Waals surface area contributed by atoms with Gasteiger partial charge in [-0.05, 0) is 30.2 Å². The number of likely N-dealkylation sites (N-methyl/N-ethyl adjacent to an activating group) is 1. The summed E-state index contributed by atoms with van der Waals surface area (Å²) < 4.78 is 31.7. The fourth-order valence-electron chi connectivity index (χ4n) is 3.04. The van der Waals surface area contributed by atoms with Crippen LogP contribution in [0.25, 0.3) is 0 Å². The Bertz CT molecular complexity index is 919. The summed E-state index contributed by atoms with van der Waals surface area (Å²) in [6, 6.07) is 13.3. The molecule has 0 fully saturated rings. The van der Waals surface area contributed by atoms with Gasteiger partial charge in [-0.1, -0.05) is 48.9 Å². The molecule has 1 atom stereocenters. The minimum absolute atomic E-state index is 0.241. The van der Waals surface area contributed by atoms with Crippen molar-refractivity contribution in [2.75, 3.05) is 24.7 Å². The molecule has 0 bridgehead atoms. The van der Waals surface area contributed by atoms with E-state index < -0.39 is 16.1 Å². The van der Waals surface area contributed by atoms with Crippen LogP contribution in [0.1, 0.15) is 18.9 Å². The number of hydrogen-bond acceptors (Lipinski definition) is 4. The summed E-state index contributed by atoms with van der Waals surface area (Å²) in [6.07, 6.45) is 1.36. The minimum Gasteiger partial charge on any atom is -0.495 e. The van der Waals surface area contributed by atoms with Gasteiger partial charge < -0.3 is 9.64 Å². The van der Waals surface area contributed by atoms with E-state index in [1.54, 1.807) is 26.1 Å². The van der Waals surface area contributed by atoms with E-state index in [9.17, 15) is 13.2 Å². The minimum atomic E-state index is -3.78. The molecule has 6 nitrogen and oxygen atoms in total. The topological polar surface area (TPSA) is 66.9 Å². The Morgan fingerprint density at radius 2 is 1.82 bits per heavy atom. The number of methoxy groups -OCH3 is 1. The molecule has 28 heavy (non-hydrogen) atoms. The molecule has 0 aliphatic rings. The van der Waals surface area contributed by atoms with Gasteiger partial charge in [-0.3, -0.25) is 9.10 Å². The monoisotopic (exact) mass is 424 g/mol. The molecule has 0 saturated heterocycles. The highest BCUT2D eigenvalue weighted by Gasteiger charge is 2.35. The third kappa shape index (κ3) is 5.17. The van der Waals surface area contributed by atoms with Gasteiger partial charge in [-0.25, -0.2) is 8.42 Å². The SMILES string of the molecule is CCC(C(=O)N(C)Cc1ccccc1)N(c1cc(Cl)ccc1OC)S(C)(=O)=O. The number of ether oxygens (including phenoxy) is 1. The van der Waals surface area contributed by atoms with Crippen molar-refractivity contribution in [3.8, 4) is 5.75 Å². The van der Waals surface area contributed by atoms with Crippen LogP contribution in [0.2, 0.25) is 5.02 Å². The molecule has 1 amide bonds. The van der Waals surface area contributed by atoms with Crippen molar-refractivity contribution in [1.82, 2.24) is 4.90 Å². The summed E-state index contributed by atoms with van der Waals surface area (Å²) in [5.41, 5.74) is 1.20. The van der Waals surface area contributed by atoms with Crippen molar-refractivity contribution < 1.29 is 17.9 Å². The average molecular weight is 425 g/mol. The molecule has 2 aromatic carbocycles. The quantitative estimate of drug-likeness (QED) is 0.649. The van der Waals surface area contributed by atoms with E-state index in [4.69, 9.17) is 16.3 Å². The molecule has 1 unspecified atom stereocenters. The first-order valence-corrected chi connectivity index (χ1v) is 11.0. The number of rotatable bonds is 8. The van der Waals surface area contributed by atoms with Crippen molar-refractivity contribution in [3.05, 3.63) is 59.1 Å². The third-order valence-electron chi connectivity index (χ3n) is 4.33. The molecule has 0 N–H and O–H groups in total. The number of anilines is 1. The number of carbonyl (C=O) groups excluding carboxylic acids is 1. The lowest BCUT2D eigenvalue weighted by Crippen LogP contribution is -2.49. The van der Waals surface area contributed by atoms with Crippen LogP contribution in [-0.4, -0.2) is 45.7 Å². The van der Waals surface area contributed by atoms with Gasteiger partial charge >= 0.3 is 0 Å². The summed E-state index contributed by atoms with van der Waals surface area (Å²) in [5.74, 6) is 0.0191. The molecule has 0 aliphatic heterocycles. The molecule has 0 heterocycles. The summed E-state index contributed by atoms with van der Waals surface area (Å²) >= 11 is 6.09. The fourth-order valence-corrected chi connectivity index (χ4v) is 4.41. The predicted molar refractivity (Wildman–Crippen MR) is 112 cm³/mol. The van der Waals surface area contributed by atoms with Gasteiger partial charge in [0.05, 0.1) is 19.1 Å². The van der Waals surface area contributed by atoms with Gasteiger partial charge in [-0.15, -0.1) is 0 Å². The highest BCUT2D eigenvalue weighted by molar-refractivity contribution is 7.92. The van der Waals surface area contributed by atoms with Gasteiger partial charge in [0.15, 0.2) is 0 Å². The molecule has 0 radical (unpaired) electrons. The first-order chi connectivity index (χ1) is 13.2. The number of sulfonamides is 1. The van der Waals surface area contributed by atoms with Crippen LogP contribution in [0.15, 0.2) is 48.5 Å². The molecule has 0 aliphatic carbocycles. The van der Waals surface area contributed by atoms with Crippen molar-refractivity contribution in [1.29, 1.82) is 0 Å². The second-order valence-corrected chi connectivity index (χ2v) is 8.77. The number of benzene rings is 2. The van der Waals surface area contributed by atoms with Gasteiger partial charge in [0, 0.05) is 18.6 Å². The Hall–Kier alpha value is -2.25. The van der Waals surface area contributed by atoms with Crippen molar-refractivity contribution >= 4 is 33.2 Å². The standard InChI is InChI=1S/C20H25ClN2O4S/c1-5-17(20(24)22(2)14-15-9-7-6-8-10-15)23(28(4,25)26)18-13-16(21)11-12-19(18)27-3/h6-13,17H,5,14H2,1-4H3. The van der Waals surface area contributed by atoms with E-state index in [0.717, 1.165) is 16.1 Å². The van der Waals surface area contributed by atoms with E-state index in [-0.39, 0.29) is 11.6 Å². The zero-order valence-corrected chi connectivity index (χ0v) is 18.0. The fraction of sp³-hybridized carbons (Fsp3) is 0.350. The third-order valence-corrected chi connectivity index (χ3v) is 5.73. The molecule has 8 heteroatoms. The second-order valence-electron chi connectivity index (χ2n) is 6.48. The number of halogens is 1. The molecule has 2 aromatic rings. The molecule has 0 saturated carbocycles. The number of hydrogen-bond donors (Lipinski definition) is 0. The van der Waals surface area contributed by atoms with Crippen molar-refractivity contribution in [2.24, 2.45) is 0 Å². The van der Waals surface area contributed by atoms with E-state index in [1.165, 1.54) is 18.1 Å². The molecule has 0 spiro atoms. The smallest absolute Gasteiger partial charge is 0.246 e. The first-order valence-electron chi connectivity index (χ1n) is 8.80. The zero-order chi connectivity index (χ0) is 20.9. The Morgan fingerprint density at radius 1 is 1.18 bits per heavy atom. The summed E-state index contributed by atoms with van der Waals surface area (Å²) in [7, 11) is -0.681. The van der Waals surface area contributed by atoms with E-state index in [0.29, 0.717) is 23.7 Å². The maximum Gasteiger partial charge on any atom is 0.246 e. The summed E-state index contributed by atoms with van der Waals surface area (Å²) in [4.78, 5) is 14.7. The lowest BCUT2D eigenvalue weighted by Gasteiger charge is -2.33. The molecular weight excluding hydrogens is 400 g/mol. The normalized spacial score (nSPS) is 12.3. The molecule has 2 rings (SSSR count). The van der Waals surface area contributed by atoms with Crippen LogP contribution in [0.4, 0.5) is 5.69 Å². The van der Waals surface area contributed by atoms with Gasteiger partial charge in [0.2, 0.25) is 15.9 Å². The van der Waals surface area contributed by atoms with Crippen LogP contribution < -0.4 is 9.04 Å². The summed E-state index contributed by atoms with van der Waals surface area (Å²) in [5, 5.41) is 0.351. The Balaban J connectivity index is 2.44. The highest BCUT2D eigenvalue weighted by Crippen LogP contribution is 2.35. The van der Waals surface area contributed by atoms with Crippen LogP contribution in [0.3, 0.4) is 0 Å². The molecular formula is C20H25ClN2O4S. The summed E-state index contributed by atoms with van der Waals surface area (Å²) in [6.45, 7) is 2.15. The lowest BCUT2D eigenvalue weighted by molar-refractivity contribution is -0.131. The second kappa shape index (κ2) is 9.30. The number of nitrogens with zero attached hydrogens (tertiary/aromatic N) is 2. The van der Waals surface area contributed by atoms with Crippen LogP contribution >= 0.6 is 11.6 Å². The van der Waals surface area contributed by atoms with Crippen molar-refractivity contribution in [3.63, 3.8) is 0 Å². The zero-order valence-electron chi connectivity index (χ0n) is 16.4. The van der Waals surface area contributed by atoms with E-state index in [2.05, 4.69) is 0 Å². The van der Waals surface area contributed by atoms with Crippen LogP contribution in [-0.2, 0) is 21.4 Å². The van der Waals surface area contributed by atoms with Crippen LogP contribution in [0, 0.1) is 0 Å². The largest absolute Gasteiger partial charge is 0.495 e. The van der Waals surface area contributed by atoms with Crippen molar-refractivity contribution in [2.45, 2.75) is 25.9 Å². The molecule has 152 valence electrons. The van der Waals surface area contributed by atoms with E-state index in [1.807, 2.05) is 30.3 Å². The van der Waals surface area contributed by atoms with Crippen LogP contribution in [0.5, 0.6) is 5.75 Å².